The van der Waals surface area contributed by atoms with Gasteiger partial charge in [-0.05, 0) is 31.9 Å². The lowest BCUT2D eigenvalue weighted by molar-refractivity contribution is -0.384. The van der Waals surface area contributed by atoms with E-state index in [4.69, 9.17) is 13.7 Å². The Kier molecular flexibility index (Phi) is 5.86. The van der Waals surface area contributed by atoms with Crippen LogP contribution in [-0.4, -0.2) is 44.7 Å². The summed E-state index contributed by atoms with van der Waals surface area (Å²) in [6.45, 7) is 1.91. The first-order valence-electron chi connectivity index (χ1n) is 7.25. The molecule has 24 heavy (non-hydrogen) atoms. The summed E-state index contributed by atoms with van der Waals surface area (Å²) in [4.78, 5) is 21.4. The fourth-order valence-electron chi connectivity index (χ4n) is 2.09. The van der Waals surface area contributed by atoms with Crippen LogP contribution < -0.4 is 0 Å². The third kappa shape index (κ3) is 4.73. The van der Waals surface area contributed by atoms with Crippen molar-refractivity contribution in [1.82, 2.24) is 0 Å². The average Bonchev–Trinajstić information content (AvgIpc) is 3.05. The third-order valence-electron chi connectivity index (χ3n) is 3.37. The van der Waals surface area contributed by atoms with Crippen LogP contribution in [0.4, 0.5) is 5.69 Å². The van der Waals surface area contributed by atoms with Gasteiger partial charge >= 0.3 is 5.97 Å². The maximum Gasteiger partial charge on any atom is 0.336 e. The number of nitrogens with zero attached hydrogens (tertiary/aromatic N) is 1. The molecule has 1 aromatic carbocycles. The van der Waals surface area contributed by atoms with Crippen molar-refractivity contribution in [2.75, 3.05) is 13.2 Å². The van der Waals surface area contributed by atoms with E-state index in [0.29, 0.717) is 6.61 Å². The molecule has 1 fully saturated rings. The maximum absolute atomic E-state index is 12.1. The van der Waals surface area contributed by atoms with Crippen molar-refractivity contribution in [2.24, 2.45) is 0 Å². The van der Waals surface area contributed by atoms with Gasteiger partial charge in [0.05, 0.1) is 15.9 Å². The molecule has 2 atom stereocenters. The molecule has 0 N–H and O–H groups in total. The van der Waals surface area contributed by atoms with Crippen molar-refractivity contribution in [3.05, 3.63) is 34.4 Å². The van der Waals surface area contributed by atoms with E-state index in [-0.39, 0.29) is 23.3 Å². The highest BCUT2D eigenvalue weighted by atomic mass is 32.2. The molecule has 0 amide bonds. The summed E-state index contributed by atoms with van der Waals surface area (Å²) in [5.74, 6) is -0.823. The molecule has 1 aromatic rings. The number of nitro groups is 1. The lowest BCUT2D eigenvalue weighted by Gasteiger charge is -2.14. The van der Waals surface area contributed by atoms with Crippen molar-refractivity contribution in [3.63, 3.8) is 0 Å². The Balaban J connectivity index is 1.94. The average molecular weight is 359 g/mol. The summed E-state index contributed by atoms with van der Waals surface area (Å²) in [5.41, 5.74) is -0.252. The Hall–Kier alpha value is -2.04. The molecule has 9 nitrogen and oxygen atoms in total. The number of hydrogen-bond acceptors (Lipinski definition) is 8. The first kappa shape index (κ1) is 18.3. The predicted octanol–water partition coefficient (Wildman–Crippen LogP) is 1.41. The van der Waals surface area contributed by atoms with Gasteiger partial charge in [0, 0.05) is 18.7 Å². The van der Waals surface area contributed by atoms with Gasteiger partial charge in [-0.25, -0.2) is 4.79 Å². The van der Waals surface area contributed by atoms with Crippen LogP contribution in [0.15, 0.2) is 29.2 Å². The molecule has 0 bridgehead atoms. The highest BCUT2D eigenvalue weighted by Gasteiger charge is 2.27. The van der Waals surface area contributed by atoms with Gasteiger partial charge in [-0.3, -0.25) is 14.3 Å². The molecular weight excluding hydrogens is 342 g/mol. The molecular formula is C14H17NO8S. The van der Waals surface area contributed by atoms with Gasteiger partial charge < -0.3 is 9.47 Å². The van der Waals surface area contributed by atoms with Crippen LogP contribution in [0, 0.1) is 10.1 Å². The highest BCUT2D eigenvalue weighted by Crippen LogP contribution is 2.19. The van der Waals surface area contributed by atoms with E-state index in [9.17, 15) is 23.3 Å². The predicted molar refractivity (Wildman–Crippen MR) is 80.8 cm³/mol. The number of ether oxygens (including phenoxy) is 2. The van der Waals surface area contributed by atoms with Gasteiger partial charge in [-0.1, -0.05) is 0 Å². The van der Waals surface area contributed by atoms with Gasteiger partial charge in [0.2, 0.25) is 0 Å². The Morgan fingerprint density at radius 3 is 2.62 bits per heavy atom. The first-order chi connectivity index (χ1) is 11.3. The highest BCUT2D eigenvalue weighted by molar-refractivity contribution is 7.86. The second-order valence-electron chi connectivity index (χ2n) is 5.21. The van der Waals surface area contributed by atoms with Crippen LogP contribution in [0.25, 0.3) is 0 Å². The summed E-state index contributed by atoms with van der Waals surface area (Å²) in [5, 5.41) is 10.6. The molecule has 132 valence electrons. The van der Waals surface area contributed by atoms with E-state index in [1.165, 1.54) is 6.92 Å². The summed E-state index contributed by atoms with van der Waals surface area (Å²) < 4.78 is 39.2. The fourth-order valence-corrected chi connectivity index (χ4v) is 3.13. The topological polar surface area (TPSA) is 122 Å². The Morgan fingerprint density at radius 2 is 2.08 bits per heavy atom. The molecule has 0 radical (unpaired) electrons. The third-order valence-corrected chi connectivity index (χ3v) is 4.77. The molecule has 0 aromatic heterocycles. The zero-order chi connectivity index (χ0) is 17.7. The van der Waals surface area contributed by atoms with Gasteiger partial charge in [-0.2, -0.15) is 8.42 Å². The summed E-state index contributed by atoms with van der Waals surface area (Å²) in [7, 11) is -4.24. The molecule has 1 unspecified atom stereocenters. The fraction of sp³-hybridized carbons (Fsp3) is 0.500. The zero-order valence-electron chi connectivity index (χ0n) is 12.9. The van der Waals surface area contributed by atoms with Gasteiger partial charge in [0.25, 0.3) is 15.8 Å². The van der Waals surface area contributed by atoms with E-state index in [1.54, 1.807) is 0 Å². The van der Waals surface area contributed by atoms with Crippen LogP contribution in [0.3, 0.4) is 0 Å². The van der Waals surface area contributed by atoms with Crippen LogP contribution in [-0.2, 0) is 28.6 Å². The molecule has 0 aliphatic carbocycles. The van der Waals surface area contributed by atoms with E-state index >= 15 is 0 Å². The molecule has 1 saturated heterocycles. The minimum Gasteiger partial charge on any atom is -0.461 e. The summed E-state index contributed by atoms with van der Waals surface area (Å²) >= 11 is 0. The number of nitro benzene ring substituents is 1. The lowest BCUT2D eigenvalue weighted by Crippen LogP contribution is -2.29. The molecule has 2 rings (SSSR count). The smallest absolute Gasteiger partial charge is 0.336 e. The quantitative estimate of drug-likeness (QED) is 0.310. The van der Waals surface area contributed by atoms with Crippen LogP contribution in [0.1, 0.15) is 19.8 Å². The zero-order valence-corrected chi connectivity index (χ0v) is 13.7. The molecule has 1 aliphatic rings. The van der Waals surface area contributed by atoms with Crippen molar-refractivity contribution >= 4 is 21.8 Å². The van der Waals surface area contributed by atoms with E-state index in [0.717, 1.165) is 37.1 Å². The second kappa shape index (κ2) is 7.69. The Morgan fingerprint density at radius 1 is 1.42 bits per heavy atom. The van der Waals surface area contributed by atoms with Crippen LogP contribution in [0.5, 0.6) is 0 Å². The van der Waals surface area contributed by atoms with Gasteiger partial charge in [-0.15, -0.1) is 0 Å². The SMILES string of the molecule is CC(OS(=O)(=O)c1ccc([N+](=O)[O-])cc1)C(=O)OC[C@@H]1CCCO1. The monoisotopic (exact) mass is 359 g/mol. The van der Waals surface area contributed by atoms with Crippen LogP contribution in [0.2, 0.25) is 0 Å². The Labute approximate surface area is 138 Å². The van der Waals surface area contributed by atoms with E-state index in [2.05, 4.69) is 0 Å². The second-order valence-corrected chi connectivity index (χ2v) is 6.78. The standard InChI is InChI=1S/C14H17NO8S/c1-10(14(16)22-9-12-3-2-8-21-12)23-24(19,20)13-6-4-11(5-7-13)15(17)18/h4-7,10,12H,2-3,8-9H2,1H3/t10?,12-/m0/s1. The summed E-state index contributed by atoms with van der Waals surface area (Å²) in [6.07, 6.45) is 0.158. The number of esters is 1. The Bertz CT molecular complexity index is 694. The van der Waals surface area contributed by atoms with E-state index < -0.39 is 27.1 Å². The number of benzene rings is 1. The molecule has 0 spiro atoms. The number of hydrogen-bond donors (Lipinski definition) is 0. The van der Waals surface area contributed by atoms with Crippen molar-refractivity contribution in [3.8, 4) is 0 Å². The van der Waals surface area contributed by atoms with Crippen molar-refractivity contribution in [2.45, 2.75) is 36.9 Å². The minimum atomic E-state index is -4.24. The van der Waals surface area contributed by atoms with Crippen LogP contribution >= 0.6 is 0 Å². The van der Waals surface area contributed by atoms with Crippen molar-refractivity contribution in [1.29, 1.82) is 0 Å². The molecule has 0 saturated carbocycles. The minimum absolute atomic E-state index is 0.0457. The molecule has 1 heterocycles. The molecule has 10 heteroatoms. The van der Waals surface area contributed by atoms with Crippen molar-refractivity contribution < 1.29 is 31.8 Å². The first-order valence-corrected chi connectivity index (χ1v) is 8.66. The number of carbonyl (C=O) groups excluding carboxylic acids is 1. The maximum atomic E-state index is 12.1. The number of non-ortho nitro benzene ring substituents is 1. The largest absolute Gasteiger partial charge is 0.461 e. The number of rotatable bonds is 7. The number of carbonyl (C=O) groups is 1. The summed E-state index contributed by atoms with van der Waals surface area (Å²) in [6, 6.07) is 4.16. The van der Waals surface area contributed by atoms with E-state index in [1.807, 2.05) is 0 Å². The normalized spacial score (nSPS) is 19.0. The van der Waals surface area contributed by atoms with Gasteiger partial charge in [0.1, 0.15) is 6.61 Å². The lowest BCUT2D eigenvalue weighted by atomic mass is 10.2. The van der Waals surface area contributed by atoms with Gasteiger partial charge in [0.15, 0.2) is 6.10 Å². The molecule has 1 aliphatic heterocycles.